The maximum absolute atomic E-state index is 6.40. The van der Waals surface area contributed by atoms with Crippen molar-refractivity contribution in [2.24, 2.45) is 11.1 Å². The molecule has 0 spiro atoms. The van der Waals surface area contributed by atoms with Crippen LogP contribution in [0.25, 0.3) is 0 Å². The van der Waals surface area contributed by atoms with Crippen LogP contribution >= 0.6 is 0 Å². The second-order valence-electron chi connectivity index (χ2n) is 7.20. The summed E-state index contributed by atoms with van der Waals surface area (Å²) in [5, 5.41) is 0. The van der Waals surface area contributed by atoms with Crippen LogP contribution in [0, 0.1) is 5.41 Å². The second kappa shape index (κ2) is 5.89. The lowest BCUT2D eigenvalue weighted by Crippen LogP contribution is -2.63. The summed E-state index contributed by atoms with van der Waals surface area (Å²) in [5.74, 6) is 0. The number of nitrogens with two attached hydrogens (primary N) is 1. The van der Waals surface area contributed by atoms with Crippen LogP contribution in [-0.2, 0) is 0 Å². The molecule has 1 aliphatic heterocycles. The van der Waals surface area contributed by atoms with Gasteiger partial charge in [0.2, 0.25) is 0 Å². The summed E-state index contributed by atoms with van der Waals surface area (Å²) in [7, 11) is 2.23. The Labute approximate surface area is 114 Å². The average Bonchev–Trinajstić information content (AvgIpc) is 2.23. The molecule has 4 unspecified atom stereocenters. The lowest BCUT2D eigenvalue weighted by atomic mass is 9.79. The minimum absolute atomic E-state index is 0.241. The largest absolute Gasteiger partial charge is 0.326 e. The highest BCUT2D eigenvalue weighted by molar-refractivity contribution is 4.95. The fourth-order valence-electron chi connectivity index (χ4n) is 3.36. The second-order valence-corrected chi connectivity index (χ2v) is 7.20. The molecule has 3 nitrogen and oxygen atoms in total. The minimum atomic E-state index is 0.241. The summed E-state index contributed by atoms with van der Waals surface area (Å²) >= 11 is 0. The maximum atomic E-state index is 6.40. The highest BCUT2D eigenvalue weighted by atomic mass is 15.3. The lowest BCUT2D eigenvalue weighted by Gasteiger charge is -2.50. The van der Waals surface area contributed by atoms with Crippen LogP contribution < -0.4 is 5.73 Å². The van der Waals surface area contributed by atoms with Crippen molar-refractivity contribution < 1.29 is 0 Å². The first-order valence-corrected chi connectivity index (χ1v) is 7.40. The van der Waals surface area contributed by atoms with Crippen molar-refractivity contribution in [3.05, 3.63) is 0 Å². The van der Waals surface area contributed by atoms with Crippen LogP contribution in [0.4, 0.5) is 0 Å². The first-order chi connectivity index (χ1) is 8.18. The van der Waals surface area contributed by atoms with Gasteiger partial charge in [-0.1, -0.05) is 27.7 Å². The molecule has 18 heavy (non-hydrogen) atoms. The minimum Gasteiger partial charge on any atom is -0.326 e. The molecular formula is C15H33N3. The van der Waals surface area contributed by atoms with E-state index >= 15 is 0 Å². The Hall–Kier alpha value is -0.120. The molecule has 0 aromatic heterocycles. The summed E-state index contributed by atoms with van der Waals surface area (Å²) in [5.41, 5.74) is 6.65. The van der Waals surface area contributed by atoms with E-state index in [1.54, 1.807) is 0 Å². The van der Waals surface area contributed by atoms with Gasteiger partial charge < -0.3 is 5.73 Å². The molecule has 2 N–H and O–H groups in total. The fourth-order valence-corrected chi connectivity index (χ4v) is 3.36. The van der Waals surface area contributed by atoms with E-state index in [4.69, 9.17) is 5.73 Å². The quantitative estimate of drug-likeness (QED) is 0.839. The summed E-state index contributed by atoms with van der Waals surface area (Å²) < 4.78 is 0. The molecular weight excluding hydrogens is 222 g/mol. The van der Waals surface area contributed by atoms with Crippen molar-refractivity contribution in [3.63, 3.8) is 0 Å². The normalized spacial score (nSPS) is 31.3. The standard InChI is InChI=1S/C15H33N3/c1-8-13(16)14(15(4,5)6)18-9-11(2)17(7)12(3)10-18/h11-14H,8-10,16H2,1-7H3. The van der Waals surface area contributed by atoms with E-state index in [9.17, 15) is 0 Å². The van der Waals surface area contributed by atoms with Gasteiger partial charge in [-0.15, -0.1) is 0 Å². The van der Waals surface area contributed by atoms with Crippen molar-refractivity contribution >= 4 is 0 Å². The predicted octanol–water partition coefficient (Wildman–Crippen LogP) is 2.16. The maximum Gasteiger partial charge on any atom is 0.0296 e. The summed E-state index contributed by atoms with van der Waals surface area (Å²) in [6.07, 6.45) is 1.05. The lowest BCUT2D eigenvalue weighted by molar-refractivity contribution is -0.00952. The van der Waals surface area contributed by atoms with Gasteiger partial charge in [0.25, 0.3) is 0 Å². The molecule has 0 aliphatic carbocycles. The molecule has 0 amide bonds. The van der Waals surface area contributed by atoms with Crippen LogP contribution in [0.15, 0.2) is 0 Å². The Kier molecular flexibility index (Phi) is 5.22. The van der Waals surface area contributed by atoms with E-state index in [2.05, 4.69) is 58.4 Å². The molecule has 0 aromatic rings. The van der Waals surface area contributed by atoms with E-state index in [0.29, 0.717) is 18.1 Å². The zero-order valence-corrected chi connectivity index (χ0v) is 13.4. The molecule has 3 heteroatoms. The zero-order chi connectivity index (χ0) is 14.1. The molecule has 1 fully saturated rings. The smallest absolute Gasteiger partial charge is 0.0296 e. The van der Waals surface area contributed by atoms with E-state index in [1.165, 1.54) is 0 Å². The van der Waals surface area contributed by atoms with Gasteiger partial charge in [0.1, 0.15) is 0 Å². The number of nitrogens with zero attached hydrogens (tertiary/aromatic N) is 2. The Bertz CT molecular complexity index is 247. The van der Waals surface area contributed by atoms with Gasteiger partial charge in [0.05, 0.1) is 0 Å². The van der Waals surface area contributed by atoms with E-state index in [-0.39, 0.29) is 11.5 Å². The molecule has 1 aliphatic rings. The predicted molar refractivity (Wildman–Crippen MR) is 79.8 cm³/mol. The molecule has 1 rings (SSSR count). The molecule has 0 radical (unpaired) electrons. The molecule has 1 saturated heterocycles. The molecule has 1 heterocycles. The van der Waals surface area contributed by atoms with Crippen molar-refractivity contribution in [2.45, 2.75) is 72.1 Å². The SMILES string of the molecule is CCC(N)C(N1CC(C)N(C)C(C)C1)C(C)(C)C. The Morgan fingerprint density at radius 1 is 1.17 bits per heavy atom. The van der Waals surface area contributed by atoms with Crippen LogP contribution in [0.1, 0.15) is 48.0 Å². The number of piperazine rings is 1. The Morgan fingerprint density at radius 2 is 1.61 bits per heavy atom. The fraction of sp³-hybridized carbons (Fsp3) is 1.00. The molecule has 0 aromatic carbocycles. The van der Waals surface area contributed by atoms with E-state index in [1.807, 2.05) is 0 Å². The third-order valence-electron chi connectivity index (χ3n) is 4.55. The van der Waals surface area contributed by atoms with Crippen molar-refractivity contribution in [1.29, 1.82) is 0 Å². The van der Waals surface area contributed by atoms with E-state index < -0.39 is 0 Å². The highest BCUT2D eigenvalue weighted by Crippen LogP contribution is 2.30. The van der Waals surface area contributed by atoms with Gasteiger partial charge >= 0.3 is 0 Å². The zero-order valence-electron chi connectivity index (χ0n) is 13.4. The topological polar surface area (TPSA) is 32.5 Å². The Morgan fingerprint density at radius 3 is 1.94 bits per heavy atom. The van der Waals surface area contributed by atoms with Gasteiger partial charge in [-0.25, -0.2) is 0 Å². The molecule has 4 atom stereocenters. The van der Waals surface area contributed by atoms with Crippen molar-refractivity contribution in [2.75, 3.05) is 20.1 Å². The van der Waals surface area contributed by atoms with Gasteiger partial charge in [-0.05, 0) is 32.7 Å². The summed E-state index contributed by atoms with van der Waals surface area (Å²) in [6, 6.07) is 1.97. The Balaban J connectivity index is 2.87. The molecule has 0 bridgehead atoms. The van der Waals surface area contributed by atoms with Crippen LogP contribution in [0.5, 0.6) is 0 Å². The monoisotopic (exact) mass is 255 g/mol. The third kappa shape index (κ3) is 3.46. The van der Waals surface area contributed by atoms with Crippen LogP contribution in [0.2, 0.25) is 0 Å². The van der Waals surface area contributed by atoms with Gasteiger partial charge in [0, 0.05) is 37.3 Å². The number of rotatable bonds is 3. The number of hydrogen-bond donors (Lipinski definition) is 1. The van der Waals surface area contributed by atoms with Gasteiger partial charge in [-0.2, -0.15) is 0 Å². The average molecular weight is 255 g/mol. The first-order valence-electron chi connectivity index (χ1n) is 7.40. The van der Waals surface area contributed by atoms with Crippen molar-refractivity contribution in [1.82, 2.24) is 9.80 Å². The molecule has 0 saturated carbocycles. The van der Waals surface area contributed by atoms with Gasteiger partial charge in [0.15, 0.2) is 0 Å². The molecule has 108 valence electrons. The third-order valence-corrected chi connectivity index (χ3v) is 4.55. The number of hydrogen-bond acceptors (Lipinski definition) is 3. The highest BCUT2D eigenvalue weighted by Gasteiger charge is 2.38. The van der Waals surface area contributed by atoms with Crippen molar-refractivity contribution in [3.8, 4) is 0 Å². The summed E-state index contributed by atoms with van der Waals surface area (Å²) in [6.45, 7) is 16.1. The van der Waals surface area contributed by atoms with Crippen LogP contribution in [-0.4, -0.2) is 54.1 Å². The number of likely N-dealkylation sites (N-methyl/N-ethyl adjacent to an activating group) is 1. The summed E-state index contributed by atoms with van der Waals surface area (Å²) in [4.78, 5) is 5.11. The van der Waals surface area contributed by atoms with E-state index in [0.717, 1.165) is 19.5 Å². The van der Waals surface area contributed by atoms with Crippen LogP contribution in [0.3, 0.4) is 0 Å². The van der Waals surface area contributed by atoms with Gasteiger partial charge in [-0.3, -0.25) is 9.80 Å². The first kappa shape index (κ1) is 15.9.